The number of halogens is 2. The van der Waals surface area contributed by atoms with Crippen molar-refractivity contribution in [2.75, 3.05) is 7.05 Å². The smallest absolute Gasteiger partial charge is 0.0738 e. The van der Waals surface area contributed by atoms with E-state index in [-0.39, 0.29) is 6.04 Å². The molecule has 0 amide bonds. The predicted molar refractivity (Wildman–Crippen MR) is 90.0 cm³/mol. The fourth-order valence-electron chi connectivity index (χ4n) is 2.45. The van der Waals surface area contributed by atoms with E-state index in [0.717, 1.165) is 21.1 Å². The van der Waals surface area contributed by atoms with Crippen molar-refractivity contribution in [2.45, 2.75) is 26.3 Å². The Kier molecular flexibility index (Phi) is 5.04. The van der Waals surface area contributed by atoms with Crippen LogP contribution in [0.1, 0.15) is 28.6 Å². The minimum absolute atomic E-state index is 0.261. The van der Waals surface area contributed by atoms with Crippen molar-refractivity contribution in [1.82, 2.24) is 15.1 Å². The summed E-state index contributed by atoms with van der Waals surface area (Å²) in [6.07, 6.45) is 0.893. The molecule has 3 nitrogen and oxygen atoms in total. The summed E-state index contributed by atoms with van der Waals surface area (Å²) in [6.45, 7) is 4.14. The maximum Gasteiger partial charge on any atom is 0.0738 e. The molecule has 2 aromatic rings. The van der Waals surface area contributed by atoms with E-state index < -0.39 is 0 Å². The van der Waals surface area contributed by atoms with Crippen molar-refractivity contribution in [3.05, 3.63) is 49.7 Å². The Morgan fingerprint density at radius 2 is 1.95 bits per heavy atom. The van der Waals surface area contributed by atoms with Gasteiger partial charge >= 0.3 is 0 Å². The Hall–Kier alpha value is -0.650. The molecule has 0 saturated heterocycles. The number of likely N-dealkylation sites (N-methyl/N-ethyl adjacent to an activating group) is 1. The molecule has 1 aromatic carbocycles. The van der Waals surface area contributed by atoms with Gasteiger partial charge in [-0.1, -0.05) is 22.0 Å². The van der Waals surface area contributed by atoms with Crippen LogP contribution >= 0.6 is 31.9 Å². The normalized spacial score (nSPS) is 12.7. The molecule has 0 aliphatic heterocycles. The second-order valence-electron chi connectivity index (χ2n) is 5.08. The van der Waals surface area contributed by atoms with Crippen molar-refractivity contribution in [3.8, 4) is 0 Å². The van der Waals surface area contributed by atoms with Gasteiger partial charge in [-0.05, 0) is 60.1 Å². The molecule has 2 rings (SSSR count). The van der Waals surface area contributed by atoms with Gasteiger partial charge in [0.25, 0.3) is 0 Å². The first kappa shape index (κ1) is 15.7. The summed E-state index contributed by atoms with van der Waals surface area (Å²) >= 11 is 7.21. The third-order valence-electron chi connectivity index (χ3n) is 3.47. The summed E-state index contributed by atoms with van der Waals surface area (Å²) in [4.78, 5) is 0. The van der Waals surface area contributed by atoms with Gasteiger partial charge in [0, 0.05) is 24.0 Å². The van der Waals surface area contributed by atoms with Crippen LogP contribution in [0.5, 0.6) is 0 Å². The van der Waals surface area contributed by atoms with Crippen molar-refractivity contribution < 1.29 is 0 Å². The molecule has 108 valence electrons. The number of aryl methyl sites for hydroxylation is 3. The Balaban J connectivity index is 2.33. The summed E-state index contributed by atoms with van der Waals surface area (Å²) in [5.41, 5.74) is 4.78. The van der Waals surface area contributed by atoms with Crippen LogP contribution in [0.2, 0.25) is 0 Å². The maximum absolute atomic E-state index is 4.46. The molecule has 0 saturated carbocycles. The lowest BCUT2D eigenvalue weighted by Crippen LogP contribution is -2.20. The molecule has 0 aliphatic carbocycles. The molecule has 0 aliphatic rings. The SMILES string of the molecule is CNC(Cc1c(Br)c(C)nn1C)c1cc(C)cc(Br)c1. The molecule has 0 fully saturated rings. The highest BCUT2D eigenvalue weighted by molar-refractivity contribution is 9.10. The first-order valence-corrected chi connectivity index (χ1v) is 8.13. The van der Waals surface area contributed by atoms with Gasteiger partial charge in [0.05, 0.1) is 15.9 Å². The van der Waals surface area contributed by atoms with Crippen molar-refractivity contribution in [3.63, 3.8) is 0 Å². The van der Waals surface area contributed by atoms with Crippen LogP contribution < -0.4 is 5.32 Å². The lowest BCUT2D eigenvalue weighted by molar-refractivity contribution is 0.560. The third kappa shape index (κ3) is 3.32. The first-order valence-electron chi connectivity index (χ1n) is 6.54. The second kappa shape index (κ2) is 6.41. The first-order chi connectivity index (χ1) is 9.42. The van der Waals surface area contributed by atoms with Gasteiger partial charge in [-0.2, -0.15) is 5.10 Å². The van der Waals surface area contributed by atoms with Gasteiger partial charge in [-0.15, -0.1) is 0 Å². The Morgan fingerprint density at radius 1 is 1.25 bits per heavy atom. The maximum atomic E-state index is 4.46. The Bertz CT molecular complexity index is 600. The van der Waals surface area contributed by atoms with Crippen molar-refractivity contribution >= 4 is 31.9 Å². The Labute approximate surface area is 137 Å². The predicted octanol–water partition coefficient (Wildman–Crippen LogP) is 4.07. The van der Waals surface area contributed by atoms with E-state index in [1.54, 1.807) is 0 Å². The average Bonchev–Trinajstić information content (AvgIpc) is 2.60. The molecule has 1 heterocycles. The average molecular weight is 401 g/mol. The highest BCUT2D eigenvalue weighted by Gasteiger charge is 2.17. The molecule has 5 heteroatoms. The standard InChI is InChI=1S/C15H19Br2N3/c1-9-5-11(7-12(16)6-9)13(18-3)8-14-15(17)10(2)19-20(14)4/h5-7,13,18H,8H2,1-4H3. The highest BCUT2D eigenvalue weighted by Crippen LogP contribution is 2.27. The van der Waals surface area contributed by atoms with Crippen LogP contribution in [-0.4, -0.2) is 16.8 Å². The largest absolute Gasteiger partial charge is 0.313 e. The third-order valence-corrected chi connectivity index (χ3v) is 4.96. The summed E-state index contributed by atoms with van der Waals surface area (Å²) in [5, 5.41) is 7.86. The minimum atomic E-state index is 0.261. The fourth-order valence-corrected chi connectivity index (χ4v) is 3.57. The fraction of sp³-hybridized carbons (Fsp3) is 0.400. The van der Waals surface area contributed by atoms with E-state index in [2.05, 4.69) is 67.4 Å². The number of rotatable bonds is 4. The Morgan fingerprint density at radius 3 is 2.45 bits per heavy atom. The van der Waals surface area contributed by atoms with Gasteiger partial charge in [-0.3, -0.25) is 4.68 Å². The molecule has 1 N–H and O–H groups in total. The summed E-state index contributed by atoms with van der Waals surface area (Å²) < 4.78 is 4.18. The minimum Gasteiger partial charge on any atom is -0.313 e. The van der Waals surface area contributed by atoms with Crippen LogP contribution in [0.25, 0.3) is 0 Å². The van der Waals surface area contributed by atoms with E-state index in [4.69, 9.17) is 0 Å². The van der Waals surface area contributed by atoms with Gasteiger partial charge in [0.1, 0.15) is 0 Å². The highest BCUT2D eigenvalue weighted by atomic mass is 79.9. The topological polar surface area (TPSA) is 29.9 Å². The number of aromatic nitrogens is 2. The zero-order valence-corrected chi connectivity index (χ0v) is 15.3. The molecule has 20 heavy (non-hydrogen) atoms. The molecule has 0 radical (unpaired) electrons. The van der Waals surface area contributed by atoms with E-state index in [9.17, 15) is 0 Å². The van der Waals surface area contributed by atoms with E-state index in [1.165, 1.54) is 16.8 Å². The summed E-state index contributed by atoms with van der Waals surface area (Å²) in [6, 6.07) is 6.78. The summed E-state index contributed by atoms with van der Waals surface area (Å²) in [5.74, 6) is 0. The molecule has 0 bridgehead atoms. The number of benzene rings is 1. The van der Waals surface area contributed by atoms with Crippen LogP contribution in [0.3, 0.4) is 0 Å². The van der Waals surface area contributed by atoms with Crippen LogP contribution in [0, 0.1) is 13.8 Å². The van der Waals surface area contributed by atoms with Crippen LogP contribution in [0.4, 0.5) is 0 Å². The molecular weight excluding hydrogens is 382 g/mol. The van der Waals surface area contributed by atoms with Crippen molar-refractivity contribution in [2.24, 2.45) is 7.05 Å². The van der Waals surface area contributed by atoms with Gasteiger partial charge in [0.15, 0.2) is 0 Å². The lowest BCUT2D eigenvalue weighted by Gasteiger charge is -2.18. The number of nitrogens with zero attached hydrogens (tertiary/aromatic N) is 2. The van der Waals surface area contributed by atoms with E-state index in [0.29, 0.717) is 0 Å². The monoisotopic (exact) mass is 399 g/mol. The molecule has 0 spiro atoms. The van der Waals surface area contributed by atoms with Gasteiger partial charge in [0.2, 0.25) is 0 Å². The number of hydrogen-bond acceptors (Lipinski definition) is 2. The van der Waals surface area contributed by atoms with E-state index in [1.807, 2.05) is 25.7 Å². The van der Waals surface area contributed by atoms with Crippen LogP contribution in [0.15, 0.2) is 27.1 Å². The molecule has 1 unspecified atom stereocenters. The quantitative estimate of drug-likeness (QED) is 0.838. The zero-order chi connectivity index (χ0) is 14.9. The zero-order valence-electron chi connectivity index (χ0n) is 12.2. The number of hydrogen-bond donors (Lipinski definition) is 1. The summed E-state index contributed by atoms with van der Waals surface area (Å²) in [7, 11) is 3.99. The molecule has 1 aromatic heterocycles. The van der Waals surface area contributed by atoms with Gasteiger partial charge in [-0.25, -0.2) is 0 Å². The van der Waals surface area contributed by atoms with E-state index >= 15 is 0 Å². The molecular formula is C15H19Br2N3. The second-order valence-corrected chi connectivity index (χ2v) is 6.79. The van der Waals surface area contributed by atoms with Crippen molar-refractivity contribution in [1.29, 1.82) is 0 Å². The number of nitrogens with one attached hydrogen (secondary N) is 1. The van der Waals surface area contributed by atoms with Gasteiger partial charge < -0.3 is 5.32 Å². The van der Waals surface area contributed by atoms with Crippen LogP contribution in [-0.2, 0) is 13.5 Å². The lowest BCUT2D eigenvalue weighted by atomic mass is 10.00. The molecule has 1 atom stereocenters.